The molecule has 8 heavy (non-hydrogen) atoms. The summed E-state index contributed by atoms with van der Waals surface area (Å²) in [7, 11) is 0. The Morgan fingerprint density at radius 3 is 2.00 bits per heavy atom. The van der Waals surface area contributed by atoms with Crippen LogP contribution < -0.4 is 0 Å². The quantitative estimate of drug-likeness (QED) is 0.365. The van der Waals surface area contributed by atoms with Gasteiger partial charge < -0.3 is 0 Å². The van der Waals surface area contributed by atoms with Gasteiger partial charge in [-0.2, -0.15) is 0 Å². The first kappa shape index (κ1) is 6.26. The molecule has 0 aromatic carbocycles. The van der Waals surface area contributed by atoms with Crippen molar-refractivity contribution in [2.24, 2.45) is 5.41 Å². The van der Waals surface area contributed by atoms with Crippen LogP contribution in [0.25, 0.3) is 0 Å². The molecule has 0 aliphatic heterocycles. The summed E-state index contributed by atoms with van der Waals surface area (Å²) in [5.74, 6) is 2.54. The molecule has 1 unspecified atom stereocenters. The smallest absolute Gasteiger partial charge is 0.119 e. The van der Waals surface area contributed by atoms with Crippen molar-refractivity contribution >= 4 is 23.2 Å². The van der Waals surface area contributed by atoms with E-state index in [1.807, 2.05) is 6.92 Å². The summed E-state index contributed by atoms with van der Waals surface area (Å²) in [5, 5.41) is 0. The SMILES string of the molecule is C#CC1(C)CC1(Cl)Cl. The minimum Gasteiger partial charge on any atom is -0.119 e. The third-order valence-corrected chi connectivity index (χ3v) is 2.68. The molecule has 1 atom stereocenters. The standard InChI is InChI=1S/C6H6Cl2/c1-3-5(2)4-6(5,7)8/h1H,4H2,2H3. The fourth-order valence-electron chi connectivity index (χ4n) is 0.556. The van der Waals surface area contributed by atoms with Crippen molar-refractivity contribution in [2.75, 3.05) is 0 Å². The molecule has 1 saturated carbocycles. The third kappa shape index (κ3) is 0.623. The van der Waals surface area contributed by atoms with Gasteiger partial charge in [-0.3, -0.25) is 0 Å². The Bertz CT molecular complexity index is 154. The van der Waals surface area contributed by atoms with Gasteiger partial charge in [0.2, 0.25) is 0 Å². The summed E-state index contributed by atoms with van der Waals surface area (Å²) in [4.78, 5) is 0. The van der Waals surface area contributed by atoms with Gasteiger partial charge in [-0.15, -0.1) is 6.42 Å². The van der Waals surface area contributed by atoms with E-state index in [0.717, 1.165) is 6.42 Å². The van der Waals surface area contributed by atoms with Crippen LogP contribution in [0, 0.1) is 17.8 Å². The second kappa shape index (κ2) is 1.35. The van der Waals surface area contributed by atoms with Crippen LogP contribution in [0.15, 0.2) is 0 Å². The van der Waals surface area contributed by atoms with E-state index in [0.29, 0.717) is 0 Å². The maximum atomic E-state index is 5.67. The summed E-state index contributed by atoms with van der Waals surface area (Å²) in [6.45, 7) is 1.88. The Kier molecular flexibility index (Phi) is 1.05. The minimum atomic E-state index is -0.637. The monoisotopic (exact) mass is 148 g/mol. The van der Waals surface area contributed by atoms with Crippen LogP contribution in [0.1, 0.15) is 13.3 Å². The van der Waals surface area contributed by atoms with Gasteiger partial charge in [0.05, 0.1) is 5.41 Å². The highest BCUT2D eigenvalue weighted by atomic mass is 35.5. The first-order valence-electron chi connectivity index (χ1n) is 2.37. The van der Waals surface area contributed by atoms with Crippen LogP contribution in [0.4, 0.5) is 0 Å². The molecule has 0 aromatic rings. The highest BCUT2D eigenvalue weighted by molar-refractivity contribution is 6.51. The van der Waals surface area contributed by atoms with Crippen LogP contribution in [0.3, 0.4) is 0 Å². The lowest BCUT2D eigenvalue weighted by Gasteiger charge is -1.98. The fraction of sp³-hybridized carbons (Fsp3) is 0.667. The van der Waals surface area contributed by atoms with Crippen LogP contribution >= 0.6 is 23.2 Å². The van der Waals surface area contributed by atoms with Gasteiger partial charge >= 0.3 is 0 Å². The Hall–Kier alpha value is 0.140. The number of halogens is 2. The molecule has 1 aliphatic carbocycles. The molecule has 1 aliphatic rings. The molecule has 1 fully saturated rings. The number of hydrogen-bond donors (Lipinski definition) is 0. The van der Waals surface area contributed by atoms with Crippen LogP contribution in [-0.2, 0) is 0 Å². The van der Waals surface area contributed by atoms with Crippen molar-refractivity contribution in [3.8, 4) is 12.3 Å². The fourth-order valence-corrected chi connectivity index (χ4v) is 1.20. The molecule has 0 heterocycles. The second-order valence-corrected chi connectivity index (χ2v) is 3.84. The molecule has 1 rings (SSSR count). The maximum absolute atomic E-state index is 5.67. The maximum Gasteiger partial charge on any atom is 0.136 e. The number of rotatable bonds is 0. The Balaban J connectivity index is 2.72. The lowest BCUT2D eigenvalue weighted by Crippen LogP contribution is -1.99. The van der Waals surface area contributed by atoms with Crippen LogP contribution in [-0.4, -0.2) is 4.33 Å². The van der Waals surface area contributed by atoms with Crippen molar-refractivity contribution < 1.29 is 0 Å². The summed E-state index contributed by atoms with van der Waals surface area (Å²) in [6, 6.07) is 0. The summed E-state index contributed by atoms with van der Waals surface area (Å²) >= 11 is 11.3. The van der Waals surface area contributed by atoms with Gasteiger partial charge in [0.25, 0.3) is 0 Å². The lowest BCUT2D eigenvalue weighted by atomic mass is 10.2. The number of alkyl halides is 2. The van der Waals surface area contributed by atoms with E-state index in [-0.39, 0.29) is 5.41 Å². The molecular formula is C6H6Cl2. The first-order valence-corrected chi connectivity index (χ1v) is 3.13. The summed E-state index contributed by atoms with van der Waals surface area (Å²) in [5.41, 5.74) is -0.254. The Morgan fingerprint density at radius 1 is 1.62 bits per heavy atom. The zero-order chi connectivity index (χ0) is 6.41. The molecule has 0 amide bonds. The van der Waals surface area contributed by atoms with Gasteiger partial charge in [0.1, 0.15) is 4.33 Å². The Labute approximate surface area is 59.2 Å². The average Bonchev–Trinajstić information content (AvgIpc) is 2.10. The molecule has 44 valence electrons. The molecule has 0 radical (unpaired) electrons. The molecule has 0 saturated heterocycles. The molecule has 0 nitrogen and oxygen atoms in total. The predicted octanol–water partition coefficient (Wildman–Crippen LogP) is 2.20. The number of terminal acetylenes is 1. The van der Waals surface area contributed by atoms with E-state index in [1.165, 1.54) is 0 Å². The van der Waals surface area contributed by atoms with Crippen molar-refractivity contribution in [3.05, 3.63) is 0 Å². The zero-order valence-corrected chi connectivity index (χ0v) is 6.05. The summed E-state index contributed by atoms with van der Waals surface area (Å²) in [6.07, 6.45) is 5.85. The van der Waals surface area contributed by atoms with Gasteiger partial charge in [-0.1, -0.05) is 29.1 Å². The molecule has 0 N–H and O–H groups in total. The lowest BCUT2D eigenvalue weighted by molar-refractivity contribution is 0.769. The van der Waals surface area contributed by atoms with E-state index < -0.39 is 4.33 Å². The van der Waals surface area contributed by atoms with Crippen molar-refractivity contribution in [3.63, 3.8) is 0 Å². The molecular weight excluding hydrogens is 143 g/mol. The molecule has 0 spiro atoms. The zero-order valence-electron chi connectivity index (χ0n) is 4.54. The normalized spacial score (nSPS) is 40.8. The third-order valence-electron chi connectivity index (χ3n) is 1.58. The highest BCUT2D eigenvalue weighted by Crippen LogP contribution is 2.63. The topological polar surface area (TPSA) is 0 Å². The van der Waals surface area contributed by atoms with Crippen LogP contribution in [0.5, 0.6) is 0 Å². The average molecular weight is 149 g/mol. The van der Waals surface area contributed by atoms with E-state index in [4.69, 9.17) is 29.6 Å². The second-order valence-electron chi connectivity index (χ2n) is 2.36. The molecule has 0 bridgehead atoms. The van der Waals surface area contributed by atoms with Gasteiger partial charge in [-0.05, 0) is 6.92 Å². The van der Waals surface area contributed by atoms with E-state index in [2.05, 4.69) is 5.92 Å². The predicted molar refractivity (Wildman–Crippen MR) is 36.0 cm³/mol. The van der Waals surface area contributed by atoms with E-state index in [9.17, 15) is 0 Å². The molecule has 2 heteroatoms. The van der Waals surface area contributed by atoms with E-state index in [1.54, 1.807) is 0 Å². The van der Waals surface area contributed by atoms with Crippen molar-refractivity contribution in [1.29, 1.82) is 0 Å². The highest BCUT2D eigenvalue weighted by Gasteiger charge is 2.62. The minimum absolute atomic E-state index is 0.254. The van der Waals surface area contributed by atoms with Crippen molar-refractivity contribution in [1.82, 2.24) is 0 Å². The molecule has 0 aromatic heterocycles. The summed E-state index contributed by atoms with van der Waals surface area (Å²) < 4.78 is -0.637. The van der Waals surface area contributed by atoms with Crippen LogP contribution in [0.2, 0.25) is 0 Å². The van der Waals surface area contributed by atoms with Gasteiger partial charge in [0, 0.05) is 6.42 Å². The first-order chi connectivity index (χ1) is 3.52. The van der Waals surface area contributed by atoms with Gasteiger partial charge in [0.15, 0.2) is 0 Å². The van der Waals surface area contributed by atoms with Gasteiger partial charge in [-0.25, -0.2) is 0 Å². The number of hydrogen-bond acceptors (Lipinski definition) is 0. The Morgan fingerprint density at radius 2 is 2.00 bits per heavy atom. The van der Waals surface area contributed by atoms with Crippen molar-refractivity contribution in [2.45, 2.75) is 17.7 Å². The largest absolute Gasteiger partial charge is 0.136 e. The van der Waals surface area contributed by atoms with E-state index >= 15 is 0 Å².